The molecule has 1 aliphatic rings. The van der Waals surface area contributed by atoms with Gasteiger partial charge in [0.25, 0.3) is 21.6 Å². The second kappa shape index (κ2) is 3.88. The monoisotopic (exact) mass is 270 g/mol. The molecule has 0 fully saturated rings. The fourth-order valence-corrected chi connectivity index (χ4v) is 3.11. The van der Waals surface area contributed by atoms with Crippen LogP contribution in [0, 0.1) is 10.1 Å². The predicted octanol–water partition coefficient (Wildman–Crippen LogP) is -0.0618. The molecule has 1 aromatic carbocycles. The Morgan fingerprint density at radius 2 is 2.06 bits per heavy atom. The Bertz CT molecular complexity index is 666. The molecule has 0 atom stereocenters. The van der Waals surface area contributed by atoms with E-state index in [-0.39, 0.29) is 22.4 Å². The van der Waals surface area contributed by atoms with Gasteiger partial charge in [0.15, 0.2) is 0 Å². The quantitative estimate of drug-likeness (QED) is 0.431. The summed E-state index contributed by atoms with van der Waals surface area (Å²) in [5, 5.41) is 10.6. The van der Waals surface area contributed by atoms with Crippen LogP contribution >= 0.6 is 0 Å². The Kier molecular flexibility index (Phi) is 2.62. The number of nitro groups is 1. The van der Waals surface area contributed by atoms with Crippen molar-refractivity contribution in [3.63, 3.8) is 0 Å². The average Bonchev–Trinajstić information content (AvgIpc) is 2.51. The lowest BCUT2D eigenvalue weighted by atomic mass is 10.2. The van der Waals surface area contributed by atoms with Gasteiger partial charge in [0.2, 0.25) is 0 Å². The molecule has 0 N–H and O–H groups in total. The van der Waals surface area contributed by atoms with Gasteiger partial charge in [0.05, 0.1) is 17.0 Å². The minimum absolute atomic E-state index is 0.274. The molecule has 8 nitrogen and oxygen atoms in total. The molecule has 1 aromatic rings. The molecule has 94 valence electrons. The Morgan fingerprint density at radius 1 is 1.39 bits per heavy atom. The molecular weight excluding hydrogens is 264 g/mol. The highest BCUT2D eigenvalue weighted by Crippen LogP contribution is 2.32. The molecule has 1 aliphatic heterocycles. The standard InChI is InChI=1S/C9H6N2O6S/c12-4-3-10-9(13)7-5-6(11(14)15)1-2-8(7)18(10,16)17/h1-2,4-5H,3H2. The number of hydrogen-bond acceptors (Lipinski definition) is 6. The van der Waals surface area contributed by atoms with Crippen LogP contribution in [0.4, 0.5) is 5.69 Å². The third-order valence-corrected chi connectivity index (χ3v) is 4.25. The number of nitrogens with zero attached hydrogens (tertiary/aromatic N) is 2. The van der Waals surface area contributed by atoms with Gasteiger partial charge in [-0.3, -0.25) is 14.9 Å². The highest BCUT2D eigenvalue weighted by Gasteiger charge is 2.41. The molecule has 0 bridgehead atoms. The largest absolute Gasteiger partial charge is 0.301 e. The average molecular weight is 270 g/mol. The van der Waals surface area contributed by atoms with Gasteiger partial charge in [0, 0.05) is 12.1 Å². The molecule has 0 saturated carbocycles. The zero-order valence-electron chi connectivity index (χ0n) is 8.77. The number of rotatable bonds is 3. The van der Waals surface area contributed by atoms with Crippen LogP contribution < -0.4 is 0 Å². The van der Waals surface area contributed by atoms with E-state index < -0.39 is 27.4 Å². The van der Waals surface area contributed by atoms with Crippen LogP contribution in [0.1, 0.15) is 10.4 Å². The minimum Gasteiger partial charge on any atom is -0.301 e. The van der Waals surface area contributed by atoms with Crippen molar-refractivity contribution in [1.29, 1.82) is 0 Å². The van der Waals surface area contributed by atoms with Crippen LogP contribution in [0.3, 0.4) is 0 Å². The Labute approximate surface area is 101 Å². The number of benzene rings is 1. The summed E-state index contributed by atoms with van der Waals surface area (Å²) in [6, 6.07) is 2.87. The molecule has 2 rings (SSSR count). The van der Waals surface area contributed by atoms with Crippen LogP contribution in [-0.4, -0.2) is 36.4 Å². The first-order valence-electron chi connectivity index (χ1n) is 4.68. The van der Waals surface area contributed by atoms with E-state index in [0.717, 1.165) is 18.2 Å². The second-order valence-electron chi connectivity index (χ2n) is 3.45. The van der Waals surface area contributed by atoms with Crippen LogP contribution in [0.5, 0.6) is 0 Å². The molecule has 0 radical (unpaired) electrons. The van der Waals surface area contributed by atoms with E-state index in [9.17, 15) is 28.1 Å². The lowest BCUT2D eigenvalue weighted by Gasteiger charge is -2.09. The molecule has 0 aliphatic carbocycles. The van der Waals surface area contributed by atoms with Gasteiger partial charge in [-0.15, -0.1) is 0 Å². The zero-order chi connectivity index (χ0) is 13.5. The summed E-state index contributed by atoms with van der Waals surface area (Å²) in [7, 11) is -4.07. The highest BCUT2D eigenvalue weighted by atomic mass is 32.2. The van der Waals surface area contributed by atoms with Gasteiger partial charge in [-0.05, 0) is 6.07 Å². The number of carbonyl (C=O) groups is 2. The smallest absolute Gasteiger partial charge is 0.270 e. The SMILES string of the molecule is O=CCN1C(=O)c2cc([N+](=O)[O-])ccc2S1(=O)=O. The number of nitro benzene ring substituents is 1. The Morgan fingerprint density at radius 3 is 2.61 bits per heavy atom. The summed E-state index contributed by atoms with van der Waals surface area (Å²) in [5.74, 6) is -0.930. The van der Waals surface area contributed by atoms with Gasteiger partial charge in [-0.1, -0.05) is 0 Å². The van der Waals surface area contributed by atoms with Gasteiger partial charge < -0.3 is 4.79 Å². The second-order valence-corrected chi connectivity index (χ2v) is 5.28. The lowest BCUT2D eigenvalue weighted by molar-refractivity contribution is -0.384. The first-order chi connectivity index (χ1) is 8.39. The van der Waals surface area contributed by atoms with Gasteiger partial charge in [-0.25, -0.2) is 12.7 Å². The van der Waals surface area contributed by atoms with E-state index in [1.165, 1.54) is 0 Å². The van der Waals surface area contributed by atoms with Crippen molar-refractivity contribution in [3.05, 3.63) is 33.9 Å². The number of aldehydes is 1. The van der Waals surface area contributed by atoms with E-state index in [2.05, 4.69) is 0 Å². The molecule has 18 heavy (non-hydrogen) atoms. The van der Waals surface area contributed by atoms with Crippen molar-refractivity contribution in [3.8, 4) is 0 Å². The number of hydrogen-bond donors (Lipinski definition) is 0. The maximum Gasteiger partial charge on any atom is 0.270 e. The molecule has 9 heteroatoms. The molecule has 0 spiro atoms. The predicted molar refractivity (Wildman–Crippen MR) is 57.4 cm³/mol. The van der Waals surface area contributed by atoms with Crippen LogP contribution in [0.15, 0.2) is 23.1 Å². The van der Waals surface area contributed by atoms with Crippen molar-refractivity contribution < 1.29 is 22.9 Å². The van der Waals surface area contributed by atoms with Crippen molar-refractivity contribution >= 4 is 27.9 Å². The minimum atomic E-state index is -4.07. The number of non-ortho nitro benzene ring substituents is 1. The molecule has 0 saturated heterocycles. The van der Waals surface area contributed by atoms with Crippen molar-refractivity contribution in [2.75, 3.05) is 6.54 Å². The Hall–Kier alpha value is -2.29. The normalized spacial score (nSPS) is 16.4. The van der Waals surface area contributed by atoms with Crippen molar-refractivity contribution in [1.82, 2.24) is 4.31 Å². The highest BCUT2D eigenvalue weighted by molar-refractivity contribution is 7.90. The molecular formula is C9H6N2O6S. The molecule has 1 amide bonds. The van der Waals surface area contributed by atoms with Gasteiger partial charge in [-0.2, -0.15) is 0 Å². The number of sulfonamides is 1. The van der Waals surface area contributed by atoms with Gasteiger partial charge in [0.1, 0.15) is 11.2 Å². The van der Waals surface area contributed by atoms with Crippen LogP contribution in [-0.2, 0) is 14.8 Å². The number of fused-ring (bicyclic) bond motifs is 1. The first kappa shape index (κ1) is 12.2. The molecule has 0 unspecified atom stereocenters. The van der Waals surface area contributed by atoms with Crippen molar-refractivity contribution in [2.24, 2.45) is 0 Å². The van der Waals surface area contributed by atoms with E-state index in [1.54, 1.807) is 0 Å². The maximum absolute atomic E-state index is 11.8. The fourth-order valence-electron chi connectivity index (χ4n) is 1.63. The Balaban J connectivity index is 2.64. The van der Waals surface area contributed by atoms with E-state index in [4.69, 9.17) is 0 Å². The molecule has 0 aromatic heterocycles. The summed E-state index contributed by atoms with van der Waals surface area (Å²) in [4.78, 5) is 31.6. The topological polar surface area (TPSA) is 115 Å². The first-order valence-corrected chi connectivity index (χ1v) is 6.12. The van der Waals surface area contributed by atoms with Crippen molar-refractivity contribution in [2.45, 2.75) is 4.90 Å². The summed E-state index contributed by atoms with van der Waals surface area (Å²) in [6.07, 6.45) is 0.274. The molecule has 1 heterocycles. The summed E-state index contributed by atoms with van der Waals surface area (Å²) in [5.41, 5.74) is -0.670. The van der Waals surface area contributed by atoms with E-state index in [1.807, 2.05) is 0 Å². The number of carbonyl (C=O) groups excluding carboxylic acids is 2. The fraction of sp³-hybridized carbons (Fsp3) is 0.111. The summed E-state index contributed by atoms with van der Waals surface area (Å²) < 4.78 is 24.1. The van der Waals surface area contributed by atoms with E-state index >= 15 is 0 Å². The summed E-state index contributed by atoms with van der Waals surface area (Å²) in [6.45, 7) is -0.607. The van der Waals surface area contributed by atoms with Crippen LogP contribution in [0.2, 0.25) is 0 Å². The maximum atomic E-state index is 11.8. The third kappa shape index (κ3) is 1.56. The van der Waals surface area contributed by atoms with E-state index in [0.29, 0.717) is 4.31 Å². The zero-order valence-corrected chi connectivity index (χ0v) is 9.59. The van der Waals surface area contributed by atoms with Crippen LogP contribution in [0.25, 0.3) is 0 Å². The third-order valence-electron chi connectivity index (χ3n) is 2.44. The summed E-state index contributed by atoms with van der Waals surface area (Å²) >= 11 is 0. The lowest BCUT2D eigenvalue weighted by Crippen LogP contribution is -2.31. The van der Waals surface area contributed by atoms with Gasteiger partial charge >= 0.3 is 0 Å². The number of amides is 1.